The highest BCUT2D eigenvalue weighted by Gasteiger charge is 2.21. The first-order valence-corrected chi connectivity index (χ1v) is 7.20. The number of benzene rings is 1. The van der Waals surface area contributed by atoms with Gasteiger partial charge in [0, 0.05) is 25.7 Å². The minimum absolute atomic E-state index is 0.747. The molecule has 0 saturated heterocycles. The van der Waals surface area contributed by atoms with Crippen molar-refractivity contribution in [2.45, 2.75) is 25.3 Å². The maximum Gasteiger partial charge on any atom is 0.142 e. The van der Waals surface area contributed by atoms with Crippen molar-refractivity contribution >= 4 is 5.69 Å². The highest BCUT2D eigenvalue weighted by atomic mass is 16.5. The number of hydrogen-bond donors (Lipinski definition) is 1. The molecule has 3 nitrogen and oxygen atoms in total. The molecule has 1 aromatic rings. The normalized spacial score (nSPS) is 18.4. The number of hydrogen-bond acceptors (Lipinski definition) is 3. The molecule has 0 atom stereocenters. The van der Waals surface area contributed by atoms with Crippen LogP contribution in [0.2, 0.25) is 0 Å². The predicted octanol–water partition coefficient (Wildman–Crippen LogP) is 2.58. The van der Waals surface area contributed by atoms with Crippen molar-refractivity contribution in [1.82, 2.24) is 5.32 Å². The van der Waals surface area contributed by atoms with Gasteiger partial charge in [-0.3, -0.25) is 0 Å². The number of nitrogens with zero attached hydrogens (tertiary/aromatic N) is 1. The molecule has 0 amide bonds. The molecule has 1 aromatic carbocycles. The maximum absolute atomic E-state index is 5.78. The molecule has 0 radical (unpaired) electrons. The van der Waals surface area contributed by atoms with Gasteiger partial charge in [0.25, 0.3) is 0 Å². The molecule has 102 valence electrons. The molecule has 1 aliphatic carbocycles. The lowest BCUT2D eigenvalue weighted by molar-refractivity contribution is 0.322. The summed E-state index contributed by atoms with van der Waals surface area (Å²) in [5.41, 5.74) is 2.45. The first-order chi connectivity index (χ1) is 9.33. The van der Waals surface area contributed by atoms with Gasteiger partial charge in [0.15, 0.2) is 0 Å². The predicted molar refractivity (Wildman–Crippen MR) is 78.9 cm³/mol. The van der Waals surface area contributed by atoms with E-state index in [2.05, 4.69) is 35.0 Å². The van der Waals surface area contributed by atoms with Gasteiger partial charge in [0.05, 0.1) is 12.3 Å². The first-order valence-electron chi connectivity index (χ1n) is 7.20. The molecule has 2 aliphatic rings. The Labute approximate surface area is 115 Å². The van der Waals surface area contributed by atoms with Crippen LogP contribution in [-0.2, 0) is 0 Å². The number of nitrogens with one attached hydrogen (secondary N) is 1. The van der Waals surface area contributed by atoms with Crippen LogP contribution in [0.15, 0.2) is 36.4 Å². The zero-order valence-corrected chi connectivity index (χ0v) is 11.4. The number of anilines is 1. The van der Waals surface area contributed by atoms with Crippen molar-refractivity contribution in [2.24, 2.45) is 0 Å². The molecule has 1 N–H and O–H groups in total. The third-order valence-electron chi connectivity index (χ3n) is 3.67. The standard InChI is InChI=1S/C16H22N2O/c1-13(11-17-14-7-8-14)12-18-9-4-10-19-16-6-3-2-5-15(16)18/h2-3,5-6,14,17H,1,4,7-12H2. The molecular weight excluding hydrogens is 236 g/mol. The van der Waals surface area contributed by atoms with E-state index >= 15 is 0 Å². The zero-order valence-electron chi connectivity index (χ0n) is 11.4. The van der Waals surface area contributed by atoms with Crippen LogP contribution in [0.3, 0.4) is 0 Å². The van der Waals surface area contributed by atoms with Crippen molar-refractivity contribution < 1.29 is 4.74 Å². The first kappa shape index (κ1) is 12.5. The van der Waals surface area contributed by atoms with Crippen LogP contribution in [0.4, 0.5) is 5.69 Å². The van der Waals surface area contributed by atoms with Gasteiger partial charge in [-0.25, -0.2) is 0 Å². The molecule has 1 saturated carbocycles. The van der Waals surface area contributed by atoms with E-state index in [1.54, 1.807) is 0 Å². The molecule has 3 rings (SSSR count). The van der Waals surface area contributed by atoms with E-state index in [4.69, 9.17) is 4.74 Å². The Morgan fingerprint density at radius 2 is 2.21 bits per heavy atom. The van der Waals surface area contributed by atoms with E-state index in [0.717, 1.165) is 44.5 Å². The number of rotatable bonds is 5. The van der Waals surface area contributed by atoms with Crippen molar-refractivity contribution in [1.29, 1.82) is 0 Å². The van der Waals surface area contributed by atoms with Crippen LogP contribution in [0, 0.1) is 0 Å². The average molecular weight is 258 g/mol. The third kappa shape index (κ3) is 3.29. The highest BCUT2D eigenvalue weighted by molar-refractivity contribution is 5.59. The Morgan fingerprint density at radius 3 is 3.05 bits per heavy atom. The van der Waals surface area contributed by atoms with Gasteiger partial charge in [0.1, 0.15) is 5.75 Å². The van der Waals surface area contributed by atoms with Crippen molar-refractivity contribution in [3.63, 3.8) is 0 Å². The summed E-state index contributed by atoms with van der Waals surface area (Å²) in [5, 5.41) is 3.53. The van der Waals surface area contributed by atoms with Crippen molar-refractivity contribution in [2.75, 3.05) is 31.1 Å². The smallest absolute Gasteiger partial charge is 0.142 e. The number of para-hydroxylation sites is 2. The molecule has 1 fully saturated rings. The molecule has 0 unspecified atom stereocenters. The summed E-state index contributed by atoms with van der Waals surface area (Å²) in [6, 6.07) is 9.05. The fraction of sp³-hybridized carbons (Fsp3) is 0.500. The Hall–Kier alpha value is -1.48. The molecule has 0 aromatic heterocycles. The van der Waals surface area contributed by atoms with Crippen LogP contribution < -0.4 is 15.0 Å². The van der Waals surface area contributed by atoms with E-state index < -0.39 is 0 Å². The monoisotopic (exact) mass is 258 g/mol. The second-order valence-electron chi connectivity index (χ2n) is 5.50. The molecule has 19 heavy (non-hydrogen) atoms. The second kappa shape index (κ2) is 5.66. The van der Waals surface area contributed by atoms with Crippen LogP contribution in [-0.4, -0.2) is 32.3 Å². The van der Waals surface area contributed by atoms with Crippen LogP contribution in [0.1, 0.15) is 19.3 Å². The van der Waals surface area contributed by atoms with E-state index in [0.29, 0.717) is 0 Å². The molecule has 1 heterocycles. The fourth-order valence-electron chi connectivity index (χ4n) is 2.46. The lowest BCUT2D eigenvalue weighted by atomic mass is 10.2. The van der Waals surface area contributed by atoms with Crippen molar-refractivity contribution in [3.8, 4) is 5.75 Å². The van der Waals surface area contributed by atoms with Gasteiger partial charge >= 0.3 is 0 Å². The largest absolute Gasteiger partial charge is 0.491 e. The quantitative estimate of drug-likeness (QED) is 0.822. The van der Waals surface area contributed by atoms with Gasteiger partial charge in [0.2, 0.25) is 0 Å². The SMILES string of the molecule is C=C(CNC1CC1)CN1CCCOc2ccccc21. The highest BCUT2D eigenvalue weighted by Crippen LogP contribution is 2.30. The summed E-state index contributed by atoms with van der Waals surface area (Å²) < 4.78 is 5.78. The molecule has 0 spiro atoms. The van der Waals surface area contributed by atoms with Crippen LogP contribution >= 0.6 is 0 Å². The minimum atomic E-state index is 0.747. The van der Waals surface area contributed by atoms with Gasteiger partial charge in [-0.2, -0.15) is 0 Å². The molecular formula is C16H22N2O. The fourth-order valence-corrected chi connectivity index (χ4v) is 2.46. The maximum atomic E-state index is 5.78. The minimum Gasteiger partial charge on any atom is -0.491 e. The number of fused-ring (bicyclic) bond motifs is 1. The Morgan fingerprint density at radius 1 is 1.37 bits per heavy atom. The van der Waals surface area contributed by atoms with Gasteiger partial charge in [-0.1, -0.05) is 18.7 Å². The third-order valence-corrected chi connectivity index (χ3v) is 3.67. The summed E-state index contributed by atoms with van der Waals surface area (Å²) in [6.07, 6.45) is 3.72. The summed E-state index contributed by atoms with van der Waals surface area (Å²) >= 11 is 0. The van der Waals surface area contributed by atoms with E-state index in [-0.39, 0.29) is 0 Å². The van der Waals surface area contributed by atoms with Crippen LogP contribution in [0.5, 0.6) is 5.75 Å². The van der Waals surface area contributed by atoms with Gasteiger partial charge < -0.3 is 15.0 Å². The average Bonchev–Trinajstić information content (AvgIpc) is 3.24. The topological polar surface area (TPSA) is 24.5 Å². The summed E-state index contributed by atoms with van der Waals surface area (Å²) in [4.78, 5) is 2.39. The van der Waals surface area contributed by atoms with Gasteiger partial charge in [-0.15, -0.1) is 0 Å². The zero-order chi connectivity index (χ0) is 13.1. The Kier molecular flexibility index (Phi) is 3.74. The summed E-state index contributed by atoms with van der Waals surface area (Å²) in [5.74, 6) is 1.00. The van der Waals surface area contributed by atoms with E-state index in [1.807, 2.05) is 6.07 Å². The molecule has 1 aliphatic heterocycles. The van der Waals surface area contributed by atoms with Gasteiger partial charge in [-0.05, 0) is 37.0 Å². The molecule has 3 heteroatoms. The lowest BCUT2D eigenvalue weighted by Crippen LogP contribution is -2.30. The van der Waals surface area contributed by atoms with Crippen LogP contribution in [0.25, 0.3) is 0 Å². The summed E-state index contributed by atoms with van der Waals surface area (Å²) in [7, 11) is 0. The number of ether oxygens (including phenoxy) is 1. The van der Waals surface area contributed by atoms with Crippen molar-refractivity contribution in [3.05, 3.63) is 36.4 Å². The van der Waals surface area contributed by atoms with E-state index in [9.17, 15) is 0 Å². The van der Waals surface area contributed by atoms with E-state index in [1.165, 1.54) is 24.1 Å². The summed E-state index contributed by atoms with van der Waals surface area (Å²) in [6.45, 7) is 7.91. The second-order valence-corrected chi connectivity index (χ2v) is 5.50. The molecule has 0 bridgehead atoms. The lowest BCUT2D eigenvalue weighted by Gasteiger charge is -2.25. The Bertz CT molecular complexity index is 454. The Balaban J connectivity index is 1.64.